The number of hydrogen-bond acceptors (Lipinski definition) is 5. The normalized spacial score (nSPS) is 17.5. The third-order valence-electron chi connectivity index (χ3n) is 11.1. The van der Waals surface area contributed by atoms with Crippen molar-refractivity contribution in [3.63, 3.8) is 0 Å². The first-order valence-electron chi connectivity index (χ1n) is 18.9. The number of para-hydroxylation sites is 1. The molecule has 2 atom stereocenters. The number of ether oxygens (including phenoxy) is 1. The van der Waals surface area contributed by atoms with Crippen LogP contribution in [0.1, 0.15) is 45.1 Å². The van der Waals surface area contributed by atoms with E-state index in [1.54, 1.807) is 6.07 Å². The molecule has 0 saturated heterocycles. The Morgan fingerprint density at radius 1 is 0.691 bits per heavy atom. The van der Waals surface area contributed by atoms with E-state index in [1.165, 1.54) is 28.7 Å². The molecule has 0 unspecified atom stereocenters. The average Bonchev–Trinajstić information content (AvgIpc) is 3.53. The molecule has 6 heteroatoms. The van der Waals surface area contributed by atoms with Gasteiger partial charge in [-0.15, -0.1) is 23.8 Å². The topological polar surface area (TPSA) is 58.0 Å². The van der Waals surface area contributed by atoms with Crippen molar-refractivity contribution in [3.8, 4) is 50.8 Å². The largest absolute Gasteiger partial charge is 0.506 e. The molecule has 1 saturated carbocycles. The van der Waals surface area contributed by atoms with Crippen molar-refractivity contribution in [2.24, 2.45) is 10.4 Å². The van der Waals surface area contributed by atoms with Crippen molar-refractivity contribution in [2.45, 2.75) is 51.6 Å². The van der Waals surface area contributed by atoms with Crippen molar-refractivity contribution in [3.05, 3.63) is 163 Å². The summed E-state index contributed by atoms with van der Waals surface area (Å²) in [5.74, 6) is 1.95. The molecule has 0 amide bonds. The van der Waals surface area contributed by atoms with Gasteiger partial charge in [0.2, 0.25) is 5.88 Å². The summed E-state index contributed by atoms with van der Waals surface area (Å²) in [5.41, 5.74) is 9.51. The third-order valence-corrected chi connectivity index (χ3v) is 11.1. The number of aliphatic imine (C=N–C) groups is 1. The molecule has 5 nitrogen and oxygen atoms in total. The van der Waals surface area contributed by atoms with Crippen molar-refractivity contribution in [1.82, 2.24) is 4.98 Å². The van der Waals surface area contributed by atoms with Gasteiger partial charge in [-0.3, -0.25) is 0 Å². The van der Waals surface area contributed by atoms with Crippen LogP contribution in [-0.2, 0) is 21.1 Å². The minimum absolute atomic E-state index is 0. The fraction of sp³-hybridized carbons (Fsp3) is 0.184. The van der Waals surface area contributed by atoms with Gasteiger partial charge in [-0.1, -0.05) is 136 Å². The Morgan fingerprint density at radius 3 is 2.00 bits per heavy atom. The molecule has 6 aromatic carbocycles. The summed E-state index contributed by atoms with van der Waals surface area (Å²) in [4.78, 5) is 12.9. The number of anilines is 1. The predicted octanol–water partition coefficient (Wildman–Crippen LogP) is 12.1. The maximum atomic E-state index is 10.5. The van der Waals surface area contributed by atoms with Gasteiger partial charge in [0.1, 0.15) is 11.3 Å². The summed E-state index contributed by atoms with van der Waals surface area (Å²) in [5, 5.41) is 11.3. The van der Waals surface area contributed by atoms with E-state index in [2.05, 4.69) is 139 Å². The standard InChI is InChI=1S/C49H42N3O2.Pt/c1-49(2)29-13-12-25-42-47(49)51-48(37-23-14-24-39(30-37)54-44-28-27-36-22-15-26-43(53)45(36)50-44)52(42)46-40(34-18-8-4-9-19-34)31-38(33-16-6-3-7-17-33)32-41(46)35-20-10-5-11-21-35;/h3-11,14-24,26-28,31-32,42,47,53H,12-13,25,29H2,1-2H3;/q-1;/t42-,47-;/m1./s1. The Bertz CT molecular complexity index is 2420. The van der Waals surface area contributed by atoms with Crippen LogP contribution < -0.4 is 9.64 Å². The van der Waals surface area contributed by atoms with Gasteiger partial charge in [-0.25, -0.2) is 4.98 Å². The van der Waals surface area contributed by atoms with E-state index in [-0.39, 0.29) is 44.3 Å². The molecule has 7 aromatic rings. The molecule has 1 aliphatic carbocycles. The first kappa shape index (κ1) is 36.5. The van der Waals surface area contributed by atoms with Crippen molar-refractivity contribution in [1.29, 1.82) is 0 Å². The number of amidine groups is 1. The van der Waals surface area contributed by atoms with Gasteiger partial charge in [0.05, 0.1) is 17.6 Å². The molecule has 0 bridgehead atoms. The van der Waals surface area contributed by atoms with Gasteiger partial charge in [0.25, 0.3) is 0 Å². The molecular formula is C49H42N3O2Pt-. The molecule has 2 aliphatic rings. The zero-order valence-electron chi connectivity index (χ0n) is 30.9. The first-order valence-corrected chi connectivity index (χ1v) is 18.9. The summed E-state index contributed by atoms with van der Waals surface area (Å²) in [6.45, 7) is 4.78. The van der Waals surface area contributed by atoms with E-state index in [4.69, 9.17) is 9.73 Å². The van der Waals surface area contributed by atoms with E-state index in [1.807, 2.05) is 36.4 Å². The van der Waals surface area contributed by atoms with Gasteiger partial charge in [-0.05, 0) is 64.8 Å². The first-order chi connectivity index (χ1) is 26.4. The third kappa shape index (κ3) is 7.10. The fourth-order valence-electron chi connectivity index (χ4n) is 8.40. The van der Waals surface area contributed by atoms with Gasteiger partial charge in [0, 0.05) is 55.4 Å². The summed E-state index contributed by atoms with van der Waals surface area (Å²) in [7, 11) is 0. The minimum atomic E-state index is -0.00388. The van der Waals surface area contributed by atoms with E-state index < -0.39 is 0 Å². The molecule has 9 rings (SSSR count). The molecule has 2 heterocycles. The summed E-state index contributed by atoms with van der Waals surface area (Å²) in [6.07, 6.45) is 4.48. The zero-order valence-corrected chi connectivity index (χ0v) is 33.2. The summed E-state index contributed by atoms with van der Waals surface area (Å²) in [6, 6.07) is 55.9. The maximum Gasteiger partial charge on any atom is 0.217 e. The number of nitrogens with zero attached hydrogens (tertiary/aromatic N) is 3. The van der Waals surface area contributed by atoms with Crippen molar-refractivity contribution in [2.75, 3.05) is 4.90 Å². The molecule has 0 radical (unpaired) electrons. The number of benzene rings is 6. The zero-order chi connectivity index (χ0) is 36.6. The second kappa shape index (κ2) is 15.3. The van der Waals surface area contributed by atoms with Gasteiger partial charge in [-0.2, -0.15) is 0 Å². The van der Waals surface area contributed by atoms with Gasteiger partial charge >= 0.3 is 0 Å². The number of aromatic hydroxyl groups is 1. The smallest absolute Gasteiger partial charge is 0.217 e. The summed E-state index contributed by atoms with van der Waals surface area (Å²) >= 11 is 0. The molecule has 1 fully saturated rings. The van der Waals surface area contributed by atoms with Crippen molar-refractivity contribution >= 4 is 22.4 Å². The predicted molar refractivity (Wildman–Crippen MR) is 220 cm³/mol. The number of rotatable bonds is 7. The van der Waals surface area contributed by atoms with Crippen LogP contribution in [0.5, 0.6) is 17.4 Å². The molecule has 1 aliphatic heterocycles. The van der Waals surface area contributed by atoms with E-state index in [0.717, 1.165) is 52.9 Å². The second-order valence-corrected chi connectivity index (χ2v) is 15.1. The van der Waals surface area contributed by atoms with Crippen LogP contribution >= 0.6 is 0 Å². The summed E-state index contributed by atoms with van der Waals surface area (Å²) < 4.78 is 6.36. The van der Waals surface area contributed by atoms with E-state index in [9.17, 15) is 5.11 Å². The van der Waals surface area contributed by atoms with E-state index in [0.29, 0.717) is 17.1 Å². The molecule has 1 N–H and O–H groups in total. The van der Waals surface area contributed by atoms with Crippen LogP contribution in [0.15, 0.2) is 157 Å². The average molecular weight is 900 g/mol. The Kier molecular flexibility index (Phi) is 10.2. The molecule has 1 aromatic heterocycles. The number of hydrogen-bond donors (Lipinski definition) is 1. The Labute approximate surface area is 337 Å². The molecular weight excluding hydrogens is 858 g/mol. The van der Waals surface area contributed by atoms with Crippen LogP contribution in [0.4, 0.5) is 5.69 Å². The Hall–Kier alpha value is -5.51. The monoisotopic (exact) mass is 899 g/mol. The Morgan fingerprint density at radius 2 is 1.33 bits per heavy atom. The van der Waals surface area contributed by atoms with Crippen LogP contribution in [0, 0.1) is 11.5 Å². The fourth-order valence-corrected chi connectivity index (χ4v) is 8.40. The van der Waals surface area contributed by atoms with Crippen LogP contribution in [0.2, 0.25) is 0 Å². The second-order valence-electron chi connectivity index (χ2n) is 15.1. The van der Waals surface area contributed by atoms with E-state index >= 15 is 0 Å². The molecule has 55 heavy (non-hydrogen) atoms. The quantitative estimate of drug-likeness (QED) is 0.162. The van der Waals surface area contributed by atoms with Crippen molar-refractivity contribution < 1.29 is 30.9 Å². The van der Waals surface area contributed by atoms with Gasteiger partial charge in [0.15, 0.2) is 0 Å². The SMILES string of the molecule is CC1(C)CCCC[C@@H]2[C@H]1N=C(c1[c-]c(Oc3ccc4cccc(O)c4n3)ccc1)N2c1c(-c2ccccc2)cc(-c2ccccc2)cc1-c1ccccc1.[Pt]. The van der Waals surface area contributed by atoms with Crippen LogP contribution in [0.3, 0.4) is 0 Å². The minimum Gasteiger partial charge on any atom is -0.506 e. The van der Waals surface area contributed by atoms with Crippen LogP contribution in [0.25, 0.3) is 44.3 Å². The maximum absolute atomic E-state index is 10.5. The number of aromatic nitrogens is 1. The van der Waals surface area contributed by atoms with Gasteiger partial charge < -0.3 is 19.7 Å². The number of pyridine rings is 1. The number of phenolic OH excluding ortho intramolecular Hbond substituents is 1. The number of phenols is 1. The van der Waals surface area contributed by atoms with Crippen LogP contribution in [-0.4, -0.2) is 28.0 Å². The Balaban J connectivity index is 0.00000427. The molecule has 276 valence electrons. The number of fused-ring (bicyclic) bond motifs is 2. The molecule has 0 spiro atoms.